The highest BCUT2D eigenvalue weighted by Crippen LogP contribution is 2.33. The van der Waals surface area contributed by atoms with E-state index in [0.717, 1.165) is 24.9 Å². The number of carbonyl (C=O) groups excluding carboxylic acids is 1. The largest absolute Gasteiger partial charge is 0.345 e. The number of fused-ring (bicyclic) bond motifs is 1. The molecule has 1 aromatic carbocycles. The van der Waals surface area contributed by atoms with Crippen molar-refractivity contribution in [3.63, 3.8) is 0 Å². The Morgan fingerprint density at radius 2 is 2.17 bits per heavy atom. The van der Waals surface area contributed by atoms with E-state index >= 15 is 0 Å². The summed E-state index contributed by atoms with van der Waals surface area (Å²) in [5, 5.41) is 0. The Kier molecular flexibility index (Phi) is 4.70. The van der Waals surface area contributed by atoms with Crippen LogP contribution in [-0.2, 0) is 17.6 Å². The molecular weight excluding hydrogens is 291 g/mol. The molecule has 1 aliphatic carbocycles. The van der Waals surface area contributed by atoms with Crippen molar-refractivity contribution in [3.8, 4) is 0 Å². The van der Waals surface area contributed by atoms with Crippen molar-refractivity contribution in [2.75, 3.05) is 13.6 Å². The van der Waals surface area contributed by atoms with E-state index in [1.165, 1.54) is 23.4 Å². The van der Waals surface area contributed by atoms with E-state index in [1.807, 2.05) is 7.05 Å². The molecule has 3 nitrogen and oxygen atoms in total. The minimum absolute atomic E-state index is 0.0960. The standard InChI is InChI=1S/C19H21FN2O/c1-22(13-16-8-7-15-4-2-3-5-18(15)16)19(23)9-6-14-10-17(20)12-21-11-14/h2-5,10-12,16H,6-9,13H2,1H3. The van der Waals surface area contributed by atoms with Crippen molar-refractivity contribution in [1.29, 1.82) is 0 Å². The van der Waals surface area contributed by atoms with Gasteiger partial charge in [0.15, 0.2) is 0 Å². The maximum absolute atomic E-state index is 13.1. The lowest BCUT2D eigenvalue weighted by molar-refractivity contribution is -0.130. The average Bonchev–Trinajstić information content (AvgIpc) is 2.96. The summed E-state index contributed by atoms with van der Waals surface area (Å²) in [5.74, 6) is 0.167. The molecule has 23 heavy (non-hydrogen) atoms. The number of carbonyl (C=O) groups is 1. The van der Waals surface area contributed by atoms with E-state index in [1.54, 1.807) is 11.1 Å². The molecule has 0 spiro atoms. The molecule has 0 fully saturated rings. The fraction of sp³-hybridized carbons (Fsp3) is 0.368. The molecule has 0 saturated carbocycles. The third-order valence-electron chi connectivity index (χ3n) is 4.57. The number of halogens is 1. The third kappa shape index (κ3) is 3.76. The number of aryl methyl sites for hydroxylation is 2. The summed E-state index contributed by atoms with van der Waals surface area (Å²) in [4.78, 5) is 17.9. The molecule has 0 radical (unpaired) electrons. The van der Waals surface area contributed by atoms with Crippen LogP contribution >= 0.6 is 0 Å². The van der Waals surface area contributed by atoms with Gasteiger partial charge >= 0.3 is 0 Å². The van der Waals surface area contributed by atoms with Crippen molar-refractivity contribution in [1.82, 2.24) is 9.88 Å². The number of likely N-dealkylation sites (N-methyl/N-ethyl adjacent to an activating group) is 1. The van der Waals surface area contributed by atoms with Crippen LogP contribution in [0.2, 0.25) is 0 Å². The zero-order chi connectivity index (χ0) is 16.2. The zero-order valence-electron chi connectivity index (χ0n) is 13.3. The van der Waals surface area contributed by atoms with Gasteiger partial charge in [-0.15, -0.1) is 0 Å². The zero-order valence-corrected chi connectivity index (χ0v) is 13.3. The fourth-order valence-electron chi connectivity index (χ4n) is 3.30. The quantitative estimate of drug-likeness (QED) is 0.848. The molecule has 1 heterocycles. The lowest BCUT2D eigenvalue weighted by atomic mass is 10.0. The molecule has 0 aliphatic heterocycles. The molecule has 1 aromatic heterocycles. The minimum atomic E-state index is -0.356. The van der Waals surface area contributed by atoms with Gasteiger partial charge in [-0.2, -0.15) is 0 Å². The lowest BCUT2D eigenvalue weighted by Crippen LogP contribution is -2.30. The molecule has 1 aliphatic rings. The Bertz CT molecular complexity index is 701. The molecule has 3 rings (SSSR count). The average molecular weight is 312 g/mol. The Hall–Kier alpha value is -2.23. The molecule has 0 N–H and O–H groups in total. The van der Waals surface area contributed by atoms with Crippen molar-refractivity contribution in [3.05, 3.63) is 65.2 Å². The second kappa shape index (κ2) is 6.90. The van der Waals surface area contributed by atoms with Gasteiger partial charge in [0.05, 0.1) is 6.20 Å². The number of nitrogens with zero attached hydrogens (tertiary/aromatic N) is 2. The lowest BCUT2D eigenvalue weighted by Gasteiger charge is -2.22. The molecule has 4 heteroatoms. The fourth-order valence-corrected chi connectivity index (χ4v) is 3.30. The highest BCUT2D eigenvalue weighted by molar-refractivity contribution is 5.76. The highest BCUT2D eigenvalue weighted by Gasteiger charge is 2.24. The van der Waals surface area contributed by atoms with Gasteiger partial charge in [-0.1, -0.05) is 24.3 Å². The second-order valence-corrected chi connectivity index (χ2v) is 6.22. The topological polar surface area (TPSA) is 33.2 Å². The summed E-state index contributed by atoms with van der Waals surface area (Å²) < 4.78 is 13.1. The molecule has 0 bridgehead atoms. The first-order valence-electron chi connectivity index (χ1n) is 8.04. The van der Waals surface area contributed by atoms with E-state index in [9.17, 15) is 9.18 Å². The van der Waals surface area contributed by atoms with E-state index < -0.39 is 0 Å². The van der Waals surface area contributed by atoms with E-state index in [-0.39, 0.29) is 11.7 Å². The smallest absolute Gasteiger partial charge is 0.222 e. The van der Waals surface area contributed by atoms with Crippen molar-refractivity contribution in [2.24, 2.45) is 0 Å². The monoisotopic (exact) mass is 312 g/mol. The van der Waals surface area contributed by atoms with Gasteiger partial charge in [-0.25, -0.2) is 4.39 Å². The van der Waals surface area contributed by atoms with Gasteiger partial charge in [0.1, 0.15) is 5.82 Å². The number of aromatic nitrogens is 1. The van der Waals surface area contributed by atoms with Crippen LogP contribution < -0.4 is 0 Å². The summed E-state index contributed by atoms with van der Waals surface area (Å²) >= 11 is 0. The van der Waals surface area contributed by atoms with Gasteiger partial charge in [0.25, 0.3) is 0 Å². The predicted octanol–water partition coefficient (Wildman–Crippen LogP) is 3.34. The number of amides is 1. The third-order valence-corrected chi connectivity index (χ3v) is 4.57. The van der Waals surface area contributed by atoms with E-state index in [0.29, 0.717) is 18.8 Å². The van der Waals surface area contributed by atoms with Crippen LogP contribution in [0.3, 0.4) is 0 Å². The minimum Gasteiger partial charge on any atom is -0.345 e. The molecule has 1 amide bonds. The Labute approximate surface area is 136 Å². The van der Waals surface area contributed by atoms with Crippen LogP contribution in [0, 0.1) is 5.82 Å². The van der Waals surface area contributed by atoms with Crippen LogP contribution in [0.5, 0.6) is 0 Å². The summed E-state index contributed by atoms with van der Waals surface area (Å²) in [7, 11) is 1.85. The molecule has 1 atom stereocenters. The number of benzene rings is 1. The van der Waals surface area contributed by atoms with E-state index in [2.05, 4.69) is 29.2 Å². The van der Waals surface area contributed by atoms with Gasteiger partial charge in [-0.05, 0) is 42.0 Å². The van der Waals surface area contributed by atoms with Gasteiger partial charge in [-0.3, -0.25) is 9.78 Å². The van der Waals surface area contributed by atoms with Crippen molar-refractivity contribution in [2.45, 2.75) is 31.6 Å². The number of pyridine rings is 1. The summed E-state index contributed by atoms with van der Waals surface area (Å²) in [5.41, 5.74) is 3.55. The normalized spacial score (nSPS) is 16.2. The Morgan fingerprint density at radius 1 is 1.35 bits per heavy atom. The molecule has 120 valence electrons. The predicted molar refractivity (Wildman–Crippen MR) is 87.7 cm³/mol. The van der Waals surface area contributed by atoms with Crippen molar-refractivity contribution >= 4 is 5.91 Å². The highest BCUT2D eigenvalue weighted by atomic mass is 19.1. The molecule has 0 saturated heterocycles. The number of hydrogen-bond donors (Lipinski definition) is 0. The first-order chi connectivity index (χ1) is 11.1. The Balaban J connectivity index is 1.54. The number of hydrogen-bond acceptors (Lipinski definition) is 2. The number of rotatable bonds is 5. The molecular formula is C19H21FN2O. The van der Waals surface area contributed by atoms with Crippen molar-refractivity contribution < 1.29 is 9.18 Å². The maximum Gasteiger partial charge on any atom is 0.222 e. The second-order valence-electron chi connectivity index (χ2n) is 6.22. The van der Waals surface area contributed by atoms with Crippen LogP contribution in [0.4, 0.5) is 4.39 Å². The first-order valence-corrected chi connectivity index (χ1v) is 8.04. The molecule has 2 aromatic rings. The summed E-state index contributed by atoms with van der Waals surface area (Å²) in [6.07, 6.45) is 5.90. The van der Waals surface area contributed by atoms with Gasteiger partial charge in [0, 0.05) is 32.1 Å². The van der Waals surface area contributed by atoms with Gasteiger partial charge in [0.2, 0.25) is 5.91 Å². The Morgan fingerprint density at radius 3 is 3.00 bits per heavy atom. The SMILES string of the molecule is CN(CC1CCc2ccccc21)C(=O)CCc1cncc(F)c1. The maximum atomic E-state index is 13.1. The van der Waals surface area contributed by atoms with Crippen LogP contribution in [-0.4, -0.2) is 29.4 Å². The summed E-state index contributed by atoms with van der Waals surface area (Å²) in [6.45, 7) is 0.747. The first kappa shape index (κ1) is 15.7. The molecule has 1 unspecified atom stereocenters. The van der Waals surface area contributed by atoms with E-state index in [4.69, 9.17) is 0 Å². The van der Waals surface area contributed by atoms with Crippen LogP contribution in [0.1, 0.15) is 35.4 Å². The van der Waals surface area contributed by atoms with Gasteiger partial charge < -0.3 is 4.90 Å². The van der Waals surface area contributed by atoms with Crippen LogP contribution in [0.25, 0.3) is 0 Å². The van der Waals surface area contributed by atoms with Crippen LogP contribution in [0.15, 0.2) is 42.7 Å². The summed E-state index contributed by atoms with van der Waals surface area (Å²) in [6, 6.07) is 9.92.